The fraction of sp³-hybridized carbons (Fsp3) is 0.882. The largest absolute Gasteiger partial charge is 0.414 e. The fourth-order valence-electron chi connectivity index (χ4n) is 5.94. The minimum absolute atomic E-state index is 0.00263. The number of hydrogen-bond acceptors (Lipinski definition) is 6. The van der Waals surface area contributed by atoms with Crippen LogP contribution < -0.4 is 0 Å². The van der Waals surface area contributed by atoms with Gasteiger partial charge in [-0.25, -0.2) is 0 Å². The van der Waals surface area contributed by atoms with Gasteiger partial charge in [0.15, 0.2) is 28.5 Å². The van der Waals surface area contributed by atoms with Crippen molar-refractivity contribution in [2.24, 2.45) is 0 Å². The zero-order valence-electron chi connectivity index (χ0n) is 30.4. The fourth-order valence-corrected chi connectivity index (χ4v) is 12.3. The summed E-state index contributed by atoms with van der Waals surface area (Å²) in [5, 5.41) is 11.8. The minimum Gasteiger partial charge on any atom is -0.414 e. The van der Waals surface area contributed by atoms with Crippen molar-refractivity contribution < 1.29 is 23.4 Å². The molecular formula is C34H67NO5Si3. The van der Waals surface area contributed by atoms with E-state index in [4.69, 9.17) is 24.7 Å². The van der Waals surface area contributed by atoms with Gasteiger partial charge in [0.1, 0.15) is 14.2 Å². The molecule has 1 aliphatic rings. The number of aliphatic hydroxyl groups is 1. The van der Waals surface area contributed by atoms with E-state index >= 15 is 0 Å². The van der Waals surface area contributed by atoms with Crippen molar-refractivity contribution in [2.45, 2.75) is 173 Å². The second-order valence-corrected chi connectivity index (χ2v) is 28.9. The smallest absolute Gasteiger partial charge is 0.192 e. The highest BCUT2D eigenvalue weighted by atomic mass is 28.4. The molecule has 9 heteroatoms. The molecule has 43 heavy (non-hydrogen) atoms. The van der Waals surface area contributed by atoms with Gasteiger partial charge in [0.05, 0.1) is 31.3 Å². The monoisotopic (exact) mass is 653 g/mol. The van der Waals surface area contributed by atoms with Crippen LogP contribution in [0.2, 0.25) is 54.4 Å². The van der Waals surface area contributed by atoms with Crippen molar-refractivity contribution >= 4 is 24.7 Å². The first-order valence-corrected chi connectivity index (χ1v) is 24.9. The van der Waals surface area contributed by atoms with Gasteiger partial charge in [-0.2, -0.15) is 0 Å². The molecule has 6 atom stereocenters. The zero-order chi connectivity index (χ0) is 33.3. The Kier molecular flexibility index (Phi) is 15.9. The molecule has 0 aromatic heterocycles. The van der Waals surface area contributed by atoms with E-state index in [0.29, 0.717) is 6.42 Å². The number of nitrogens with zero attached hydrogens (tertiary/aromatic N) is 1. The van der Waals surface area contributed by atoms with Gasteiger partial charge in [-0.15, -0.1) is 17.9 Å². The average Bonchev–Trinajstić information content (AvgIpc) is 2.95. The highest BCUT2D eigenvalue weighted by molar-refractivity contribution is 6.87. The topological polar surface area (TPSA) is 60.4 Å². The number of ether oxygens (including phenoxy) is 2. The molecule has 1 aliphatic heterocycles. The Morgan fingerprint density at radius 2 is 1.51 bits per heavy atom. The lowest BCUT2D eigenvalue weighted by molar-refractivity contribution is -0.272. The summed E-state index contributed by atoms with van der Waals surface area (Å²) >= 11 is 0. The summed E-state index contributed by atoms with van der Waals surface area (Å²) in [6.07, 6.45) is 5.19. The molecule has 0 saturated carbocycles. The third kappa shape index (κ3) is 10.3. The van der Waals surface area contributed by atoms with Gasteiger partial charge >= 0.3 is 0 Å². The third-order valence-electron chi connectivity index (χ3n) is 10.9. The van der Waals surface area contributed by atoms with Gasteiger partial charge in [0.2, 0.25) is 0 Å². The van der Waals surface area contributed by atoms with E-state index in [1.54, 1.807) is 0 Å². The Bertz CT molecular complexity index is 926. The maximum Gasteiger partial charge on any atom is 0.192 e. The van der Waals surface area contributed by atoms with Crippen molar-refractivity contribution in [2.75, 3.05) is 20.7 Å². The van der Waals surface area contributed by atoms with Crippen molar-refractivity contribution in [3.05, 3.63) is 0 Å². The molecule has 1 heterocycles. The Hall–Kier alpha value is -0.469. The zero-order valence-corrected chi connectivity index (χ0v) is 33.4. The van der Waals surface area contributed by atoms with Crippen molar-refractivity contribution in [1.82, 2.24) is 4.90 Å². The van der Waals surface area contributed by atoms with Crippen LogP contribution in [0.3, 0.4) is 0 Å². The van der Waals surface area contributed by atoms with Crippen molar-refractivity contribution in [3.63, 3.8) is 0 Å². The molecule has 1 saturated heterocycles. The van der Waals surface area contributed by atoms with E-state index in [-0.39, 0.29) is 36.3 Å². The molecule has 1 rings (SSSR count). The Morgan fingerprint density at radius 3 is 1.93 bits per heavy atom. The summed E-state index contributed by atoms with van der Waals surface area (Å²) in [4.78, 5) is 2.21. The van der Waals surface area contributed by atoms with E-state index in [1.165, 1.54) is 0 Å². The molecule has 6 nitrogen and oxygen atoms in total. The first kappa shape index (κ1) is 40.6. The first-order valence-electron chi connectivity index (χ1n) is 16.9. The molecule has 0 radical (unpaired) electrons. The van der Waals surface area contributed by atoms with Crippen LogP contribution in [0.1, 0.15) is 82.1 Å². The Labute approximate surface area is 269 Å². The van der Waals surface area contributed by atoms with Crippen LogP contribution in [-0.2, 0) is 18.3 Å². The van der Waals surface area contributed by atoms with E-state index in [1.807, 2.05) is 0 Å². The van der Waals surface area contributed by atoms with Gasteiger partial charge in [-0.3, -0.25) is 0 Å². The maximum absolute atomic E-state index is 11.8. The summed E-state index contributed by atoms with van der Waals surface area (Å²) in [7, 11) is -1.59. The van der Waals surface area contributed by atoms with E-state index < -0.39 is 42.7 Å². The number of hydrogen-bond donors (Lipinski definition) is 1. The van der Waals surface area contributed by atoms with E-state index in [0.717, 1.165) is 36.3 Å². The number of rotatable bonds is 16. The van der Waals surface area contributed by atoms with Gasteiger partial charge in [-0.05, 0) is 75.4 Å². The normalized spacial score (nSPS) is 24.2. The van der Waals surface area contributed by atoms with Gasteiger partial charge in [-0.1, -0.05) is 68.2 Å². The SMILES string of the molecule is C#C[C@](CC#C[Si](CC)(CC)CC)(O[C@H]1C[C@H](O[Si](CC)(CC)CC)[C@H](N(C)C)[C@H](C)O1)[C@H](O)CO[Si](C)(C)C(C)(C)C. The highest BCUT2D eigenvalue weighted by Crippen LogP contribution is 2.38. The molecule has 0 aliphatic carbocycles. The van der Waals surface area contributed by atoms with Crippen LogP contribution in [0, 0.1) is 23.8 Å². The molecule has 0 unspecified atom stereocenters. The van der Waals surface area contributed by atoms with E-state index in [9.17, 15) is 5.11 Å². The van der Waals surface area contributed by atoms with Gasteiger partial charge < -0.3 is 28.3 Å². The Morgan fingerprint density at radius 1 is 0.977 bits per heavy atom. The molecule has 0 aromatic carbocycles. The summed E-state index contributed by atoms with van der Waals surface area (Å²) in [6.45, 7) is 26.6. The van der Waals surface area contributed by atoms with Crippen LogP contribution in [0.15, 0.2) is 0 Å². The lowest BCUT2D eigenvalue weighted by Crippen LogP contribution is -2.60. The quantitative estimate of drug-likeness (QED) is 0.136. The van der Waals surface area contributed by atoms with Gasteiger partial charge in [0, 0.05) is 6.42 Å². The lowest BCUT2D eigenvalue weighted by atomic mass is 9.93. The lowest BCUT2D eigenvalue weighted by Gasteiger charge is -2.48. The van der Waals surface area contributed by atoms with Crippen molar-refractivity contribution in [1.29, 1.82) is 0 Å². The third-order valence-corrected chi connectivity index (χ3v) is 24.8. The van der Waals surface area contributed by atoms with Crippen LogP contribution in [0.4, 0.5) is 0 Å². The molecule has 0 amide bonds. The molecule has 0 aromatic rings. The van der Waals surface area contributed by atoms with Crippen molar-refractivity contribution in [3.8, 4) is 23.8 Å². The number of aliphatic hydroxyl groups excluding tert-OH is 1. The minimum atomic E-state index is -2.14. The highest BCUT2D eigenvalue weighted by Gasteiger charge is 2.48. The molecular weight excluding hydrogens is 587 g/mol. The first-order chi connectivity index (χ1) is 19.9. The standard InChI is InChI=1S/C34H67NO5Si3/c1-16-34(24-23-25-42(17-2,18-3)19-4,30(36)27-37-41(14,15)33(9,10)11)39-31-26-29(32(35(12)13)28(8)38-31)40-43(20-5,21-6)22-7/h1,28-32,36H,17-22,24,26-27H2,2-15H3/t28-,29-,30+,31-,32+,34+/m0/s1. The Balaban J connectivity index is 3.50. The summed E-state index contributed by atoms with van der Waals surface area (Å²) in [5.74, 6) is 6.31. The molecule has 250 valence electrons. The predicted octanol–water partition coefficient (Wildman–Crippen LogP) is 7.65. The molecule has 1 N–H and O–H groups in total. The van der Waals surface area contributed by atoms with Crippen LogP contribution >= 0.6 is 0 Å². The summed E-state index contributed by atoms with van der Waals surface area (Å²) < 4.78 is 26.8. The molecule has 0 bridgehead atoms. The number of terminal acetylenes is 1. The summed E-state index contributed by atoms with van der Waals surface area (Å²) in [6, 6.07) is 6.60. The van der Waals surface area contributed by atoms with Gasteiger partial charge in [0.25, 0.3) is 0 Å². The average molecular weight is 654 g/mol. The molecule has 1 fully saturated rings. The summed E-state index contributed by atoms with van der Waals surface area (Å²) in [5.41, 5.74) is 2.30. The second-order valence-electron chi connectivity index (χ2n) is 14.4. The predicted molar refractivity (Wildman–Crippen MR) is 190 cm³/mol. The maximum atomic E-state index is 11.8. The van der Waals surface area contributed by atoms with E-state index in [2.05, 4.69) is 119 Å². The molecule has 0 spiro atoms. The second kappa shape index (κ2) is 16.9. The van der Waals surface area contributed by atoms with Crippen LogP contribution in [0.5, 0.6) is 0 Å². The van der Waals surface area contributed by atoms with Crippen LogP contribution in [0.25, 0.3) is 0 Å². The van der Waals surface area contributed by atoms with Crippen LogP contribution in [-0.4, -0.2) is 91.7 Å². The number of likely N-dealkylation sites (N-methyl/N-ethyl adjacent to an activating group) is 1.